The summed E-state index contributed by atoms with van der Waals surface area (Å²) in [5.41, 5.74) is -2.94. The lowest BCUT2D eigenvalue weighted by molar-refractivity contribution is -0.331. The molecular formula is C17H31F3O. The molecule has 2 atom stereocenters. The van der Waals surface area contributed by atoms with E-state index in [1.807, 2.05) is 6.92 Å². The Bertz CT molecular complexity index is 373. The maximum atomic E-state index is 13.4. The van der Waals surface area contributed by atoms with Gasteiger partial charge in [-0.2, -0.15) is 13.2 Å². The summed E-state index contributed by atoms with van der Waals surface area (Å²) in [6.07, 6.45) is -0.805. The van der Waals surface area contributed by atoms with Crippen molar-refractivity contribution in [1.82, 2.24) is 0 Å². The second-order valence-corrected chi connectivity index (χ2v) is 8.77. The largest absolute Gasteiger partial charge is 0.417 e. The number of rotatable bonds is 4. The van der Waals surface area contributed by atoms with Crippen LogP contribution in [-0.2, 0) is 4.74 Å². The van der Waals surface area contributed by atoms with Crippen LogP contribution in [0, 0.1) is 10.8 Å². The predicted octanol–water partition coefficient (Wildman–Crippen LogP) is 6.12. The Balaban J connectivity index is 2.96. The molecule has 0 N–H and O–H groups in total. The molecule has 0 amide bonds. The fourth-order valence-electron chi connectivity index (χ4n) is 3.74. The highest BCUT2D eigenvalue weighted by molar-refractivity contribution is 5.00. The number of ether oxygens (including phenoxy) is 1. The van der Waals surface area contributed by atoms with E-state index in [9.17, 15) is 13.2 Å². The van der Waals surface area contributed by atoms with Crippen molar-refractivity contribution in [3.05, 3.63) is 0 Å². The molecule has 1 rings (SSSR count). The molecule has 1 aliphatic rings. The standard InChI is InChI=1S/C17H31F3O/c1-8-13(2,3)9-10-15(6)11-14(4,5)21-16(7,12-15)17(18,19)20/h8-12H2,1-7H3. The molecule has 0 aromatic heterocycles. The van der Waals surface area contributed by atoms with Crippen LogP contribution in [0.4, 0.5) is 13.2 Å². The van der Waals surface area contributed by atoms with Crippen molar-refractivity contribution in [2.75, 3.05) is 0 Å². The van der Waals surface area contributed by atoms with Gasteiger partial charge in [0.05, 0.1) is 5.60 Å². The molecule has 1 saturated heterocycles. The van der Waals surface area contributed by atoms with E-state index in [-0.39, 0.29) is 17.3 Å². The van der Waals surface area contributed by atoms with Crippen LogP contribution < -0.4 is 0 Å². The molecule has 0 saturated carbocycles. The van der Waals surface area contributed by atoms with Gasteiger partial charge in [-0.3, -0.25) is 0 Å². The van der Waals surface area contributed by atoms with E-state index in [0.717, 1.165) is 19.3 Å². The Morgan fingerprint density at radius 2 is 1.52 bits per heavy atom. The molecule has 0 aromatic rings. The second-order valence-electron chi connectivity index (χ2n) is 8.77. The van der Waals surface area contributed by atoms with E-state index < -0.39 is 17.4 Å². The highest BCUT2D eigenvalue weighted by atomic mass is 19.4. The first kappa shape index (κ1) is 18.8. The van der Waals surface area contributed by atoms with E-state index in [4.69, 9.17) is 4.74 Å². The smallest absolute Gasteiger partial charge is 0.360 e. The zero-order chi connectivity index (χ0) is 16.7. The molecule has 0 aliphatic carbocycles. The van der Waals surface area contributed by atoms with Gasteiger partial charge in [0.1, 0.15) is 0 Å². The molecule has 1 aliphatic heterocycles. The van der Waals surface area contributed by atoms with Crippen molar-refractivity contribution < 1.29 is 17.9 Å². The molecule has 126 valence electrons. The predicted molar refractivity (Wildman–Crippen MR) is 80.3 cm³/mol. The Kier molecular flexibility index (Phi) is 4.86. The minimum Gasteiger partial charge on any atom is -0.360 e. The molecule has 0 radical (unpaired) electrons. The molecule has 4 heteroatoms. The van der Waals surface area contributed by atoms with Gasteiger partial charge >= 0.3 is 6.18 Å². The fourth-order valence-corrected chi connectivity index (χ4v) is 3.74. The van der Waals surface area contributed by atoms with Crippen LogP contribution in [-0.4, -0.2) is 17.4 Å². The Labute approximate surface area is 127 Å². The zero-order valence-electron chi connectivity index (χ0n) is 14.6. The summed E-state index contributed by atoms with van der Waals surface area (Å²) in [6.45, 7) is 13.3. The minimum atomic E-state index is -4.33. The topological polar surface area (TPSA) is 9.23 Å². The van der Waals surface area contributed by atoms with Gasteiger partial charge in [0.15, 0.2) is 5.60 Å². The number of hydrogen-bond acceptors (Lipinski definition) is 1. The van der Waals surface area contributed by atoms with E-state index in [1.54, 1.807) is 13.8 Å². The van der Waals surface area contributed by atoms with Crippen LogP contribution in [0.1, 0.15) is 80.6 Å². The summed E-state index contributed by atoms with van der Waals surface area (Å²) in [6, 6.07) is 0. The quantitative estimate of drug-likeness (QED) is 0.608. The average Bonchev–Trinajstić information content (AvgIpc) is 2.22. The van der Waals surface area contributed by atoms with Gasteiger partial charge in [-0.15, -0.1) is 0 Å². The first-order valence-electron chi connectivity index (χ1n) is 7.91. The van der Waals surface area contributed by atoms with Crippen LogP contribution >= 0.6 is 0 Å². The fraction of sp³-hybridized carbons (Fsp3) is 1.00. The molecule has 2 unspecified atom stereocenters. The lowest BCUT2D eigenvalue weighted by Crippen LogP contribution is -2.58. The summed E-state index contributed by atoms with van der Waals surface area (Å²) in [5.74, 6) is 0. The van der Waals surface area contributed by atoms with Crippen molar-refractivity contribution in [3.8, 4) is 0 Å². The summed E-state index contributed by atoms with van der Waals surface area (Å²) >= 11 is 0. The number of alkyl halides is 3. The number of hydrogen-bond donors (Lipinski definition) is 0. The van der Waals surface area contributed by atoms with E-state index >= 15 is 0 Å². The van der Waals surface area contributed by atoms with Gasteiger partial charge in [-0.1, -0.05) is 34.1 Å². The first-order valence-corrected chi connectivity index (χ1v) is 7.91. The van der Waals surface area contributed by atoms with E-state index in [1.165, 1.54) is 6.92 Å². The molecule has 1 nitrogen and oxygen atoms in total. The highest BCUT2D eigenvalue weighted by Crippen LogP contribution is 2.54. The molecular weight excluding hydrogens is 277 g/mol. The summed E-state index contributed by atoms with van der Waals surface area (Å²) < 4.78 is 45.7. The van der Waals surface area contributed by atoms with Crippen molar-refractivity contribution in [1.29, 1.82) is 0 Å². The lowest BCUT2D eigenvalue weighted by atomic mass is 9.65. The van der Waals surface area contributed by atoms with Crippen LogP contribution in [0.15, 0.2) is 0 Å². The maximum Gasteiger partial charge on any atom is 0.417 e. The molecule has 0 aromatic carbocycles. The lowest BCUT2D eigenvalue weighted by Gasteiger charge is -2.52. The SMILES string of the molecule is CCC(C)(C)CCC1(C)CC(C)(C)OC(C)(C(F)(F)F)C1. The normalized spacial score (nSPS) is 34.0. The molecule has 1 heterocycles. The van der Waals surface area contributed by atoms with Gasteiger partial charge in [-0.05, 0) is 57.3 Å². The Morgan fingerprint density at radius 1 is 1.00 bits per heavy atom. The van der Waals surface area contributed by atoms with Gasteiger partial charge in [-0.25, -0.2) is 0 Å². The molecule has 0 spiro atoms. The third kappa shape index (κ3) is 4.61. The van der Waals surface area contributed by atoms with Crippen LogP contribution in [0.2, 0.25) is 0 Å². The van der Waals surface area contributed by atoms with Gasteiger partial charge in [0, 0.05) is 0 Å². The van der Waals surface area contributed by atoms with Gasteiger partial charge in [0.2, 0.25) is 0 Å². The van der Waals surface area contributed by atoms with E-state index in [0.29, 0.717) is 6.42 Å². The molecule has 0 bridgehead atoms. The third-order valence-corrected chi connectivity index (χ3v) is 5.08. The van der Waals surface area contributed by atoms with Crippen molar-refractivity contribution in [2.24, 2.45) is 10.8 Å². The summed E-state index contributed by atoms with van der Waals surface area (Å²) in [4.78, 5) is 0. The van der Waals surface area contributed by atoms with Crippen LogP contribution in [0.5, 0.6) is 0 Å². The summed E-state index contributed by atoms with van der Waals surface area (Å²) in [7, 11) is 0. The monoisotopic (exact) mass is 308 g/mol. The van der Waals surface area contributed by atoms with Crippen molar-refractivity contribution >= 4 is 0 Å². The zero-order valence-corrected chi connectivity index (χ0v) is 14.6. The van der Waals surface area contributed by atoms with Crippen LogP contribution in [0.25, 0.3) is 0 Å². The first-order chi connectivity index (χ1) is 9.14. The molecule has 1 fully saturated rings. The van der Waals surface area contributed by atoms with Crippen molar-refractivity contribution in [3.63, 3.8) is 0 Å². The van der Waals surface area contributed by atoms with Crippen LogP contribution in [0.3, 0.4) is 0 Å². The Morgan fingerprint density at radius 3 is 1.95 bits per heavy atom. The average molecular weight is 308 g/mol. The second kappa shape index (κ2) is 5.43. The summed E-state index contributed by atoms with van der Waals surface area (Å²) in [5, 5.41) is 0. The minimum absolute atomic E-state index is 0.0483. The Hall–Kier alpha value is -0.250. The van der Waals surface area contributed by atoms with Gasteiger partial charge in [0.25, 0.3) is 0 Å². The highest BCUT2D eigenvalue weighted by Gasteiger charge is 2.60. The maximum absolute atomic E-state index is 13.4. The van der Waals surface area contributed by atoms with E-state index in [2.05, 4.69) is 20.8 Å². The molecule has 21 heavy (non-hydrogen) atoms. The van der Waals surface area contributed by atoms with Crippen molar-refractivity contribution in [2.45, 2.75) is 97.9 Å². The number of halogens is 3. The van der Waals surface area contributed by atoms with Gasteiger partial charge < -0.3 is 4.74 Å². The third-order valence-electron chi connectivity index (χ3n) is 5.08.